The number of nitrogens with zero attached hydrogens (tertiary/aromatic N) is 1. The molecule has 0 aromatic carbocycles. The highest BCUT2D eigenvalue weighted by atomic mass is 32.2. The van der Waals surface area contributed by atoms with Crippen molar-refractivity contribution in [3.8, 4) is 0 Å². The monoisotopic (exact) mass is 250 g/mol. The molecule has 96 valence electrons. The Labute approximate surface area is 97.9 Å². The zero-order valence-electron chi connectivity index (χ0n) is 10.1. The lowest BCUT2D eigenvalue weighted by atomic mass is 10.3. The Hall–Kier alpha value is -0.170. The summed E-state index contributed by atoms with van der Waals surface area (Å²) in [6, 6.07) is -0.309. The molecule has 0 aromatic heterocycles. The molecule has 1 rings (SSSR count). The van der Waals surface area contributed by atoms with Crippen molar-refractivity contribution in [1.29, 1.82) is 0 Å². The number of ether oxygens (including phenoxy) is 1. The quantitative estimate of drug-likeness (QED) is 0.710. The van der Waals surface area contributed by atoms with E-state index in [1.54, 1.807) is 6.92 Å². The zero-order chi connectivity index (χ0) is 12.2. The third-order valence-electron chi connectivity index (χ3n) is 2.63. The van der Waals surface area contributed by atoms with Crippen LogP contribution in [0.4, 0.5) is 0 Å². The number of nitrogens with two attached hydrogens (primary N) is 1. The highest BCUT2D eigenvalue weighted by Gasteiger charge is 2.25. The van der Waals surface area contributed by atoms with Gasteiger partial charge in [0.25, 0.3) is 0 Å². The van der Waals surface area contributed by atoms with Crippen LogP contribution in [0, 0.1) is 0 Å². The van der Waals surface area contributed by atoms with Crippen LogP contribution in [0.2, 0.25) is 0 Å². The van der Waals surface area contributed by atoms with Crippen LogP contribution in [0.15, 0.2) is 0 Å². The summed E-state index contributed by atoms with van der Waals surface area (Å²) in [5.74, 6) is 0.129. The van der Waals surface area contributed by atoms with E-state index >= 15 is 0 Å². The summed E-state index contributed by atoms with van der Waals surface area (Å²) in [5, 5.41) is 0. The van der Waals surface area contributed by atoms with E-state index in [1.807, 2.05) is 0 Å². The van der Waals surface area contributed by atoms with Gasteiger partial charge in [0.05, 0.1) is 24.2 Å². The topological polar surface area (TPSA) is 72.6 Å². The highest BCUT2D eigenvalue weighted by Crippen LogP contribution is 2.08. The molecule has 1 fully saturated rings. The molecule has 0 spiro atoms. The number of rotatable bonds is 5. The maximum absolute atomic E-state index is 11.7. The minimum absolute atomic E-state index is 0.0407. The van der Waals surface area contributed by atoms with E-state index in [9.17, 15) is 8.42 Å². The largest absolute Gasteiger partial charge is 0.374 e. The van der Waals surface area contributed by atoms with E-state index in [0.717, 1.165) is 13.1 Å². The lowest BCUT2D eigenvalue weighted by molar-refractivity contribution is -0.0145. The molecule has 16 heavy (non-hydrogen) atoms. The van der Waals surface area contributed by atoms with Crippen molar-refractivity contribution in [3.63, 3.8) is 0 Å². The number of likely N-dealkylation sites (N-methyl/N-ethyl adjacent to an activating group) is 1. The second-order valence-electron chi connectivity index (χ2n) is 4.44. The minimum Gasteiger partial charge on any atom is -0.374 e. The first-order valence-electron chi connectivity index (χ1n) is 5.73. The fourth-order valence-corrected chi connectivity index (χ4v) is 3.63. The molecule has 1 saturated heterocycles. The van der Waals surface area contributed by atoms with Gasteiger partial charge in [-0.1, -0.05) is 6.92 Å². The Kier molecular flexibility index (Phi) is 5.17. The molecule has 0 aliphatic carbocycles. The van der Waals surface area contributed by atoms with E-state index in [-0.39, 0.29) is 23.7 Å². The number of morpholine rings is 1. The van der Waals surface area contributed by atoms with Gasteiger partial charge in [-0.05, 0) is 13.5 Å². The fraction of sp³-hybridized carbons (Fsp3) is 1.00. The lowest BCUT2D eigenvalue weighted by Crippen LogP contribution is -2.46. The maximum atomic E-state index is 11.7. The summed E-state index contributed by atoms with van der Waals surface area (Å²) in [7, 11) is -3.09. The van der Waals surface area contributed by atoms with Gasteiger partial charge in [-0.2, -0.15) is 0 Å². The van der Waals surface area contributed by atoms with Crippen LogP contribution in [-0.2, 0) is 14.6 Å². The molecule has 2 N–H and O–H groups in total. The van der Waals surface area contributed by atoms with E-state index in [4.69, 9.17) is 10.5 Å². The highest BCUT2D eigenvalue weighted by molar-refractivity contribution is 7.91. The van der Waals surface area contributed by atoms with Crippen LogP contribution >= 0.6 is 0 Å². The normalized spacial score (nSPS) is 25.6. The van der Waals surface area contributed by atoms with Crippen LogP contribution in [0.3, 0.4) is 0 Å². The second kappa shape index (κ2) is 5.95. The number of hydrogen-bond acceptors (Lipinski definition) is 5. The van der Waals surface area contributed by atoms with Crippen LogP contribution < -0.4 is 5.73 Å². The predicted octanol–water partition coefficient (Wildman–Crippen LogP) is -0.531. The molecule has 2 atom stereocenters. The molecule has 1 aliphatic rings. The van der Waals surface area contributed by atoms with Crippen LogP contribution in [-0.4, -0.2) is 63.2 Å². The van der Waals surface area contributed by atoms with E-state index in [2.05, 4.69) is 11.8 Å². The summed E-state index contributed by atoms with van der Waals surface area (Å²) in [6.07, 6.45) is -0.197. The summed E-state index contributed by atoms with van der Waals surface area (Å²) in [6.45, 7) is 6.92. The van der Waals surface area contributed by atoms with Crippen molar-refractivity contribution in [2.24, 2.45) is 5.73 Å². The van der Waals surface area contributed by atoms with Gasteiger partial charge in [0.15, 0.2) is 9.84 Å². The molecule has 0 bridgehead atoms. The van der Waals surface area contributed by atoms with E-state index in [1.165, 1.54) is 0 Å². The molecule has 2 unspecified atom stereocenters. The Morgan fingerprint density at radius 3 is 2.81 bits per heavy atom. The Bertz CT molecular complexity index is 303. The summed E-state index contributed by atoms with van der Waals surface area (Å²) < 4.78 is 28.9. The van der Waals surface area contributed by atoms with Crippen molar-refractivity contribution in [2.75, 3.05) is 37.7 Å². The third kappa shape index (κ3) is 4.78. The van der Waals surface area contributed by atoms with Gasteiger partial charge in [-0.3, -0.25) is 4.90 Å². The van der Waals surface area contributed by atoms with Gasteiger partial charge < -0.3 is 10.5 Å². The Balaban J connectivity index is 2.47. The van der Waals surface area contributed by atoms with Gasteiger partial charge in [0, 0.05) is 19.1 Å². The zero-order valence-corrected chi connectivity index (χ0v) is 10.9. The molecule has 1 heterocycles. The average Bonchev–Trinajstić information content (AvgIpc) is 2.15. The average molecular weight is 250 g/mol. The number of sulfone groups is 1. The van der Waals surface area contributed by atoms with Crippen molar-refractivity contribution < 1.29 is 13.2 Å². The second-order valence-corrected chi connectivity index (χ2v) is 6.59. The smallest absolute Gasteiger partial charge is 0.154 e. The van der Waals surface area contributed by atoms with Crippen molar-refractivity contribution in [1.82, 2.24) is 4.90 Å². The van der Waals surface area contributed by atoms with Gasteiger partial charge in [0.1, 0.15) is 0 Å². The van der Waals surface area contributed by atoms with Gasteiger partial charge in [-0.15, -0.1) is 0 Å². The molecule has 0 radical (unpaired) electrons. The summed E-state index contributed by atoms with van der Waals surface area (Å²) in [4.78, 5) is 2.20. The molecule has 0 saturated carbocycles. The molecule has 0 aromatic rings. The molecule has 6 heteroatoms. The maximum Gasteiger partial charge on any atom is 0.154 e. The number of hydrogen-bond donors (Lipinski definition) is 1. The first-order valence-corrected chi connectivity index (χ1v) is 7.55. The Morgan fingerprint density at radius 2 is 2.25 bits per heavy atom. The van der Waals surface area contributed by atoms with Crippen LogP contribution in [0.25, 0.3) is 0 Å². The molecular weight excluding hydrogens is 228 g/mol. The Morgan fingerprint density at radius 1 is 1.56 bits per heavy atom. The third-order valence-corrected chi connectivity index (χ3v) is 4.54. The van der Waals surface area contributed by atoms with Gasteiger partial charge in [-0.25, -0.2) is 8.42 Å². The summed E-state index contributed by atoms with van der Waals surface area (Å²) >= 11 is 0. The van der Waals surface area contributed by atoms with Crippen LogP contribution in [0.5, 0.6) is 0 Å². The van der Waals surface area contributed by atoms with Crippen LogP contribution in [0.1, 0.15) is 13.8 Å². The van der Waals surface area contributed by atoms with Crippen molar-refractivity contribution >= 4 is 9.84 Å². The molecular formula is C10H22N2O3S. The molecule has 0 amide bonds. The van der Waals surface area contributed by atoms with Crippen molar-refractivity contribution in [3.05, 3.63) is 0 Å². The van der Waals surface area contributed by atoms with E-state index < -0.39 is 9.84 Å². The standard InChI is InChI=1S/C10H22N2O3S/c1-3-12-4-5-15-10(6-12)8-16(13,14)7-9(2)11/h9-10H,3-8,11H2,1-2H3. The molecule has 1 aliphatic heterocycles. The first-order chi connectivity index (χ1) is 7.43. The predicted molar refractivity (Wildman–Crippen MR) is 64.2 cm³/mol. The van der Waals surface area contributed by atoms with Gasteiger partial charge >= 0.3 is 0 Å². The SMILES string of the molecule is CCN1CCOC(CS(=O)(=O)CC(C)N)C1. The molecule has 5 nitrogen and oxygen atoms in total. The van der Waals surface area contributed by atoms with Gasteiger partial charge in [0.2, 0.25) is 0 Å². The first kappa shape index (κ1) is 13.9. The van der Waals surface area contributed by atoms with E-state index in [0.29, 0.717) is 13.2 Å². The fourth-order valence-electron chi connectivity index (χ4n) is 1.92. The summed E-state index contributed by atoms with van der Waals surface area (Å²) in [5.41, 5.74) is 5.51. The van der Waals surface area contributed by atoms with Crippen molar-refractivity contribution in [2.45, 2.75) is 26.0 Å². The lowest BCUT2D eigenvalue weighted by Gasteiger charge is -2.31. The minimum atomic E-state index is -3.09.